The first kappa shape index (κ1) is 22.2. The molecule has 0 aromatic heterocycles. The van der Waals surface area contributed by atoms with Crippen LogP contribution in [-0.4, -0.2) is 42.7 Å². The first-order valence-corrected chi connectivity index (χ1v) is 11.5. The fraction of sp³-hybridized carbons (Fsp3) is 0.423. The molecule has 1 unspecified atom stereocenters. The van der Waals surface area contributed by atoms with Crippen molar-refractivity contribution in [3.63, 3.8) is 0 Å². The van der Waals surface area contributed by atoms with Crippen LogP contribution in [0.3, 0.4) is 0 Å². The van der Waals surface area contributed by atoms with Gasteiger partial charge < -0.3 is 10.1 Å². The molecule has 0 spiro atoms. The van der Waals surface area contributed by atoms with Gasteiger partial charge in [-0.15, -0.1) is 0 Å². The summed E-state index contributed by atoms with van der Waals surface area (Å²) in [5.41, 5.74) is 4.94. The number of benzene rings is 2. The summed E-state index contributed by atoms with van der Waals surface area (Å²) in [7, 11) is 1.35. The van der Waals surface area contributed by atoms with Crippen LogP contribution in [-0.2, 0) is 16.1 Å². The summed E-state index contributed by atoms with van der Waals surface area (Å²) in [5, 5.41) is 2.91. The number of nitrogens with one attached hydrogen (secondary N) is 1. The number of nitrogens with zero attached hydrogens (tertiary/aromatic N) is 2. The third-order valence-corrected chi connectivity index (χ3v) is 6.21. The molecule has 32 heavy (non-hydrogen) atoms. The predicted molar refractivity (Wildman–Crippen MR) is 127 cm³/mol. The van der Waals surface area contributed by atoms with Gasteiger partial charge in [0.25, 0.3) is 0 Å². The number of amides is 1. The summed E-state index contributed by atoms with van der Waals surface area (Å²) in [4.78, 5) is 32.1. The Labute approximate surface area is 189 Å². The lowest BCUT2D eigenvalue weighted by Gasteiger charge is -2.26. The zero-order valence-corrected chi connectivity index (χ0v) is 18.9. The fourth-order valence-corrected chi connectivity index (χ4v) is 4.58. The number of likely N-dealkylation sites (tertiary alicyclic amines) is 1. The zero-order chi connectivity index (χ0) is 22.5. The second-order valence-corrected chi connectivity index (χ2v) is 8.57. The Morgan fingerprint density at radius 3 is 2.56 bits per heavy atom. The van der Waals surface area contributed by atoms with Crippen molar-refractivity contribution >= 4 is 29.0 Å². The van der Waals surface area contributed by atoms with Crippen LogP contribution in [0.4, 0.5) is 11.4 Å². The normalized spacial score (nSPS) is 18.9. The Morgan fingerprint density at radius 1 is 1.12 bits per heavy atom. The molecule has 0 bridgehead atoms. The summed E-state index contributed by atoms with van der Waals surface area (Å²) in [6.45, 7) is 5.42. The first-order chi connectivity index (χ1) is 15.6. The maximum absolute atomic E-state index is 12.9. The van der Waals surface area contributed by atoms with Crippen molar-refractivity contribution in [2.45, 2.75) is 51.5 Å². The second-order valence-electron chi connectivity index (χ2n) is 8.57. The molecular weight excluding hydrogens is 402 g/mol. The lowest BCUT2D eigenvalue weighted by Crippen LogP contribution is -2.28. The summed E-state index contributed by atoms with van der Waals surface area (Å²) in [6.07, 6.45) is 5.53. The third kappa shape index (κ3) is 4.91. The molecule has 0 saturated carbocycles. The van der Waals surface area contributed by atoms with E-state index >= 15 is 0 Å². The van der Waals surface area contributed by atoms with Crippen LogP contribution in [0.1, 0.15) is 66.4 Å². The van der Waals surface area contributed by atoms with Crippen LogP contribution in [0.5, 0.6) is 0 Å². The number of methoxy groups -OCH3 is 1. The summed E-state index contributed by atoms with van der Waals surface area (Å²) in [6, 6.07) is 13.6. The van der Waals surface area contributed by atoms with Crippen LogP contribution in [0.15, 0.2) is 47.5 Å². The fourth-order valence-electron chi connectivity index (χ4n) is 4.58. The van der Waals surface area contributed by atoms with E-state index < -0.39 is 11.9 Å². The average molecular weight is 434 g/mol. The molecule has 168 valence electrons. The van der Waals surface area contributed by atoms with E-state index in [1.165, 1.54) is 45.0 Å². The predicted octanol–water partition coefficient (Wildman–Crippen LogP) is 5.07. The molecule has 2 aliphatic heterocycles. The smallest absolute Gasteiger partial charge is 0.337 e. The van der Waals surface area contributed by atoms with Gasteiger partial charge in [0, 0.05) is 17.9 Å². The Hall–Kier alpha value is -2.99. The molecule has 1 atom stereocenters. The average Bonchev–Trinajstić information content (AvgIpc) is 3.15. The first-order valence-electron chi connectivity index (χ1n) is 11.5. The van der Waals surface area contributed by atoms with E-state index in [0.29, 0.717) is 11.3 Å². The number of aliphatic imine (C=N–C) groups is 1. The molecule has 2 heterocycles. The molecule has 2 aromatic carbocycles. The molecule has 0 aliphatic carbocycles. The van der Waals surface area contributed by atoms with Gasteiger partial charge in [0.15, 0.2) is 0 Å². The van der Waals surface area contributed by atoms with Crippen LogP contribution in [0.2, 0.25) is 0 Å². The number of carbonyl (C=O) groups is 2. The minimum Gasteiger partial charge on any atom is -0.465 e. The van der Waals surface area contributed by atoms with Crippen molar-refractivity contribution < 1.29 is 14.3 Å². The molecule has 1 saturated heterocycles. The van der Waals surface area contributed by atoms with E-state index in [9.17, 15) is 9.59 Å². The lowest BCUT2D eigenvalue weighted by molar-refractivity contribution is -0.115. The van der Waals surface area contributed by atoms with Crippen molar-refractivity contribution in [1.29, 1.82) is 0 Å². The summed E-state index contributed by atoms with van der Waals surface area (Å²) >= 11 is 0. The lowest BCUT2D eigenvalue weighted by atomic mass is 9.92. The molecule has 6 heteroatoms. The maximum Gasteiger partial charge on any atom is 0.337 e. The van der Waals surface area contributed by atoms with E-state index in [1.807, 2.05) is 18.2 Å². The Bertz CT molecular complexity index is 1010. The van der Waals surface area contributed by atoms with E-state index in [2.05, 4.69) is 29.3 Å². The number of hydrogen-bond acceptors (Lipinski definition) is 5. The van der Waals surface area contributed by atoms with Gasteiger partial charge >= 0.3 is 5.97 Å². The largest absolute Gasteiger partial charge is 0.465 e. The third-order valence-electron chi connectivity index (χ3n) is 6.21. The number of ether oxygens (including phenoxy) is 1. The number of hydrogen-bond donors (Lipinski definition) is 1. The highest BCUT2D eigenvalue weighted by Gasteiger charge is 2.34. The van der Waals surface area contributed by atoms with Crippen molar-refractivity contribution in [3.05, 3.63) is 59.2 Å². The SMILES string of the molecule is CCCC(=Nc1ccc(CN2CCCCC2)cc1)C1C(=O)Nc2cc(C(=O)OC)ccc21. The van der Waals surface area contributed by atoms with Crippen LogP contribution >= 0.6 is 0 Å². The summed E-state index contributed by atoms with van der Waals surface area (Å²) < 4.78 is 4.79. The topological polar surface area (TPSA) is 71.0 Å². The molecule has 0 radical (unpaired) electrons. The van der Waals surface area contributed by atoms with E-state index in [-0.39, 0.29) is 5.91 Å². The van der Waals surface area contributed by atoms with Crippen LogP contribution < -0.4 is 5.32 Å². The van der Waals surface area contributed by atoms with E-state index in [0.717, 1.165) is 36.3 Å². The Kier molecular flexibility index (Phi) is 7.00. The number of anilines is 1. The monoisotopic (exact) mass is 433 g/mol. The minimum absolute atomic E-state index is 0.101. The number of piperidine rings is 1. The van der Waals surface area contributed by atoms with Crippen molar-refractivity contribution in [1.82, 2.24) is 4.90 Å². The van der Waals surface area contributed by atoms with Gasteiger partial charge in [-0.1, -0.05) is 38.0 Å². The van der Waals surface area contributed by atoms with E-state index in [1.54, 1.807) is 12.1 Å². The van der Waals surface area contributed by atoms with Gasteiger partial charge in [-0.2, -0.15) is 0 Å². The van der Waals surface area contributed by atoms with E-state index in [4.69, 9.17) is 9.73 Å². The minimum atomic E-state index is -0.440. The number of carbonyl (C=O) groups excluding carboxylic acids is 2. The molecule has 1 N–H and O–H groups in total. The second kappa shape index (κ2) is 10.1. The van der Waals surface area contributed by atoms with Gasteiger partial charge in [0.1, 0.15) is 5.92 Å². The number of fused-ring (bicyclic) bond motifs is 1. The van der Waals surface area contributed by atoms with Crippen LogP contribution in [0, 0.1) is 0 Å². The molecule has 6 nitrogen and oxygen atoms in total. The number of esters is 1. The molecule has 1 amide bonds. The van der Waals surface area contributed by atoms with Crippen molar-refractivity contribution in [2.75, 3.05) is 25.5 Å². The van der Waals surface area contributed by atoms with Crippen molar-refractivity contribution in [2.24, 2.45) is 4.99 Å². The van der Waals surface area contributed by atoms with Gasteiger partial charge in [0.05, 0.1) is 18.4 Å². The Balaban J connectivity index is 1.56. The standard InChI is InChI=1S/C26H31N3O3/c1-3-7-22(24-21-13-10-19(26(31)32-2)16-23(21)28-25(24)30)27-20-11-8-18(9-12-20)17-29-14-5-4-6-15-29/h8-13,16,24H,3-7,14-15,17H2,1-2H3,(H,28,30). The molecule has 4 rings (SSSR count). The van der Waals surface area contributed by atoms with Gasteiger partial charge in [-0.25, -0.2) is 4.79 Å². The maximum atomic E-state index is 12.9. The quantitative estimate of drug-likeness (QED) is 0.489. The highest BCUT2D eigenvalue weighted by molar-refractivity contribution is 6.19. The van der Waals surface area contributed by atoms with Gasteiger partial charge in [-0.3, -0.25) is 14.7 Å². The zero-order valence-electron chi connectivity index (χ0n) is 18.9. The Morgan fingerprint density at radius 2 is 1.88 bits per heavy atom. The van der Waals surface area contributed by atoms with Crippen LogP contribution in [0.25, 0.3) is 0 Å². The highest BCUT2D eigenvalue weighted by atomic mass is 16.5. The number of rotatable bonds is 7. The summed E-state index contributed by atoms with van der Waals surface area (Å²) in [5.74, 6) is -0.960. The molecular formula is C26H31N3O3. The highest BCUT2D eigenvalue weighted by Crippen LogP contribution is 2.36. The molecule has 2 aliphatic rings. The molecule has 2 aromatic rings. The molecule has 1 fully saturated rings. The van der Waals surface area contributed by atoms with Crippen molar-refractivity contribution in [3.8, 4) is 0 Å². The van der Waals surface area contributed by atoms with Gasteiger partial charge in [-0.05, 0) is 67.7 Å². The van der Waals surface area contributed by atoms with Gasteiger partial charge in [0.2, 0.25) is 5.91 Å².